The van der Waals surface area contributed by atoms with E-state index in [1.54, 1.807) is 49.6 Å². The van der Waals surface area contributed by atoms with Crippen molar-refractivity contribution in [2.24, 2.45) is 5.10 Å². The third-order valence-electron chi connectivity index (χ3n) is 4.00. The van der Waals surface area contributed by atoms with E-state index in [-0.39, 0.29) is 12.5 Å². The van der Waals surface area contributed by atoms with Gasteiger partial charge < -0.3 is 9.47 Å². The van der Waals surface area contributed by atoms with Gasteiger partial charge in [-0.15, -0.1) is 0 Å². The molecule has 0 radical (unpaired) electrons. The van der Waals surface area contributed by atoms with Crippen molar-refractivity contribution in [1.29, 1.82) is 0 Å². The van der Waals surface area contributed by atoms with Crippen LogP contribution in [-0.4, -0.2) is 19.2 Å². The van der Waals surface area contributed by atoms with E-state index >= 15 is 0 Å². The van der Waals surface area contributed by atoms with Crippen LogP contribution in [0.1, 0.15) is 21.5 Å². The summed E-state index contributed by atoms with van der Waals surface area (Å²) in [6.07, 6.45) is 1.54. The molecule has 148 valence electrons. The molecule has 0 spiro atoms. The Morgan fingerprint density at radius 2 is 1.90 bits per heavy atom. The summed E-state index contributed by atoms with van der Waals surface area (Å²) < 4.78 is 11.0. The Kier molecular flexibility index (Phi) is 7.11. The van der Waals surface area contributed by atoms with Gasteiger partial charge in [-0.2, -0.15) is 5.10 Å². The maximum absolute atomic E-state index is 12.5. The van der Waals surface area contributed by atoms with Crippen LogP contribution in [0, 0.1) is 0 Å². The van der Waals surface area contributed by atoms with Gasteiger partial charge in [0.1, 0.15) is 18.1 Å². The van der Waals surface area contributed by atoms with Crippen LogP contribution < -0.4 is 14.9 Å². The summed E-state index contributed by atoms with van der Waals surface area (Å²) >= 11 is 12.1. The van der Waals surface area contributed by atoms with E-state index in [0.29, 0.717) is 27.1 Å². The SMILES string of the molecule is COc1cccc(/C=N\NC(=O)c2ccccc2OCc2ccc(Cl)cc2Cl)c1. The Morgan fingerprint density at radius 3 is 2.69 bits per heavy atom. The number of hydrogen-bond acceptors (Lipinski definition) is 4. The number of hydrazone groups is 1. The monoisotopic (exact) mass is 428 g/mol. The number of carbonyl (C=O) groups excluding carboxylic acids is 1. The third kappa shape index (κ3) is 5.73. The van der Waals surface area contributed by atoms with Crippen molar-refractivity contribution >= 4 is 35.3 Å². The van der Waals surface area contributed by atoms with E-state index in [1.807, 2.05) is 24.3 Å². The summed E-state index contributed by atoms with van der Waals surface area (Å²) in [5.41, 5.74) is 4.43. The first-order chi connectivity index (χ1) is 14.1. The molecule has 3 aromatic carbocycles. The van der Waals surface area contributed by atoms with Crippen LogP contribution in [0.4, 0.5) is 0 Å². The van der Waals surface area contributed by atoms with Gasteiger partial charge in [0.25, 0.3) is 5.91 Å². The standard InChI is InChI=1S/C22H18Cl2N2O3/c1-28-18-6-4-5-15(11-18)13-25-26-22(27)19-7-2-3-8-21(19)29-14-16-9-10-17(23)12-20(16)24/h2-13H,14H2,1H3,(H,26,27)/b25-13-. The van der Waals surface area contributed by atoms with E-state index < -0.39 is 0 Å². The zero-order valence-corrected chi connectivity index (χ0v) is 17.1. The average Bonchev–Trinajstić information content (AvgIpc) is 2.73. The van der Waals surface area contributed by atoms with E-state index in [4.69, 9.17) is 32.7 Å². The zero-order chi connectivity index (χ0) is 20.6. The van der Waals surface area contributed by atoms with Crippen molar-refractivity contribution < 1.29 is 14.3 Å². The smallest absolute Gasteiger partial charge is 0.275 e. The molecule has 0 aliphatic heterocycles. The van der Waals surface area contributed by atoms with Crippen molar-refractivity contribution in [2.45, 2.75) is 6.61 Å². The summed E-state index contributed by atoms with van der Waals surface area (Å²) in [7, 11) is 1.59. The van der Waals surface area contributed by atoms with Crippen LogP contribution in [0.15, 0.2) is 71.8 Å². The summed E-state index contributed by atoms with van der Waals surface area (Å²) in [5.74, 6) is 0.745. The highest BCUT2D eigenvalue weighted by molar-refractivity contribution is 6.35. The second-order valence-electron chi connectivity index (χ2n) is 6.00. The Balaban J connectivity index is 1.67. The number of benzene rings is 3. The minimum Gasteiger partial charge on any atom is -0.497 e. The van der Waals surface area contributed by atoms with Gasteiger partial charge in [-0.25, -0.2) is 5.43 Å². The Morgan fingerprint density at radius 1 is 1.07 bits per heavy atom. The van der Waals surface area contributed by atoms with Crippen LogP contribution in [0.3, 0.4) is 0 Å². The summed E-state index contributed by atoms with van der Waals surface area (Å²) in [6.45, 7) is 0.202. The number of amides is 1. The third-order valence-corrected chi connectivity index (χ3v) is 4.59. The molecule has 0 aliphatic carbocycles. The Bertz CT molecular complexity index is 1040. The van der Waals surface area contributed by atoms with Crippen molar-refractivity contribution in [1.82, 2.24) is 5.43 Å². The van der Waals surface area contributed by atoms with Gasteiger partial charge >= 0.3 is 0 Å². The van der Waals surface area contributed by atoms with Gasteiger partial charge in [0.05, 0.1) is 18.9 Å². The number of methoxy groups -OCH3 is 1. The van der Waals surface area contributed by atoms with E-state index in [1.165, 1.54) is 6.21 Å². The molecule has 7 heteroatoms. The lowest BCUT2D eigenvalue weighted by Crippen LogP contribution is -2.18. The molecule has 0 heterocycles. The first kappa shape index (κ1) is 20.7. The normalized spacial score (nSPS) is 10.7. The fourth-order valence-electron chi connectivity index (χ4n) is 2.52. The van der Waals surface area contributed by atoms with Gasteiger partial charge in [-0.05, 0) is 42.0 Å². The molecule has 1 N–H and O–H groups in total. The molecular weight excluding hydrogens is 411 g/mol. The lowest BCUT2D eigenvalue weighted by atomic mass is 10.2. The Hall–Kier alpha value is -3.02. The average molecular weight is 429 g/mol. The molecule has 0 unspecified atom stereocenters. The quantitative estimate of drug-likeness (QED) is 0.407. The fraction of sp³-hybridized carbons (Fsp3) is 0.0909. The number of nitrogens with zero attached hydrogens (tertiary/aromatic N) is 1. The van der Waals surface area contributed by atoms with Gasteiger partial charge in [0, 0.05) is 15.6 Å². The first-order valence-electron chi connectivity index (χ1n) is 8.70. The number of para-hydroxylation sites is 1. The highest BCUT2D eigenvalue weighted by Gasteiger charge is 2.12. The van der Waals surface area contributed by atoms with E-state index in [0.717, 1.165) is 11.1 Å². The minimum absolute atomic E-state index is 0.202. The molecule has 5 nitrogen and oxygen atoms in total. The molecule has 3 rings (SSSR count). The molecule has 3 aromatic rings. The number of nitrogens with one attached hydrogen (secondary N) is 1. The van der Waals surface area contributed by atoms with Crippen LogP contribution >= 0.6 is 23.2 Å². The molecule has 0 saturated carbocycles. The van der Waals surface area contributed by atoms with Gasteiger partial charge in [-0.3, -0.25) is 4.79 Å². The maximum atomic E-state index is 12.5. The molecule has 0 saturated heterocycles. The number of halogens is 2. The molecule has 0 aromatic heterocycles. The second kappa shape index (κ2) is 9.96. The van der Waals surface area contributed by atoms with E-state index in [2.05, 4.69) is 10.5 Å². The highest BCUT2D eigenvalue weighted by Crippen LogP contribution is 2.24. The van der Waals surface area contributed by atoms with Crippen LogP contribution in [0.2, 0.25) is 10.0 Å². The van der Waals surface area contributed by atoms with Gasteiger partial charge in [-0.1, -0.05) is 53.5 Å². The Labute approximate surface area is 178 Å². The predicted octanol–water partition coefficient (Wildman–Crippen LogP) is 5.34. The number of hydrogen-bond donors (Lipinski definition) is 1. The number of carbonyl (C=O) groups is 1. The molecular formula is C22H18Cl2N2O3. The van der Waals surface area contributed by atoms with Crippen molar-refractivity contribution in [3.05, 3.63) is 93.5 Å². The maximum Gasteiger partial charge on any atom is 0.275 e. The first-order valence-corrected chi connectivity index (χ1v) is 9.45. The zero-order valence-electron chi connectivity index (χ0n) is 15.6. The minimum atomic E-state index is -0.387. The summed E-state index contributed by atoms with van der Waals surface area (Å²) in [5, 5.41) is 5.06. The fourth-order valence-corrected chi connectivity index (χ4v) is 2.98. The lowest BCUT2D eigenvalue weighted by molar-refractivity contribution is 0.0950. The highest BCUT2D eigenvalue weighted by atomic mass is 35.5. The lowest BCUT2D eigenvalue weighted by Gasteiger charge is -2.11. The number of ether oxygens (including phenoxy) is 2. The topological polar surface area (TPSA) is 59.9 Å². The molecule has 0 fully saturated rings. The van der Waals surface area contributed by atoms with Crippen molar-refractivity contribution in [3.63, 3.8) is 0 Å². The second-order valence-corrected chi connectivity index (χ2v) is 6.84. The predicted molar refractivity (Wildman–Crippen MR) is 115 cm³/mol. The van der Waals surface area contributed by atoms with Crippen LogP contribution in [0.25, 0.3) is 0 Å². The largest absolute Gasteiger partial charge is 0.497 e. The summed E-state index contributed by atoms with van der Waals surface area (Å²) in [4.78, 5) is 12.5. The molecule has 29 heavy (non-hydrogen) atoms. The van der Waals surface area contributed by atoms with Gasteiger partial charge in [0.15, 0.2) is 0 Å². The van der Waals surface area contributed by atoms with Crippen LogP contribution in [-0.2, 0) is 6.61 Å². The molecule has 0 bridgehead atoms. The van der Waals surface area contributed by atoms with E-state index in [9.17, 15) is 4.79 Å². The molecule has 0 aliphatic rings. The van der Waals surface area contributed by atoms with Crippen molar-refractivity contribution in [3.8, 4) is 11.5 Å². The van der Waals surface area contributed by atoms with Crippen molar-refractivity contribution in [2.75, 3.05) is 7.11 Å². The number of rotatable bonds is 7. The van der Waals surface area contributed by atoms with Crippen LogP contribution in [0.5, 0.6) is 11.5 Å². The molecule has 0 atom stereocenters. The summed E-state index contributed by atoms with van der Waals surface area (Å²) in [6, 6.07) is 19.4. The van der Waals surface area contributed by atoms with Gasteiger partial charge in [0.2, 0.25) is 0 Å². The molecule has 1 amide bonds.